The van der Waals surface area contributed by atoms with E-state index in [2.05, 4.69) is 5.10 Å². The van der Waals surface area contributed by atoms with Crippen LogP contribution < -0.4 is 0 Å². The highest BCUT2D eigenvalue weighted by atomic mass is 35.5. The number of nitrogens with zero attached hydrogens (tertiary/aromatic N) is 2. The van der Waals surface area contributed by atoms with Gasteiger partial charge in [-0.1, -0.05) is 53.0 Å². The van der Waals surface area contributed by atoms with Gasteiger partial charge in [0, 0.05) is 16.8 Å². The summed E-state index contributed by atoms with van der Waals surface area (Å²) >= 11 is 12.1. The molecule has 0 fully saturated rings. The highest BCUT2D eigenvalue weighted by Crippen LogP contribution is 2.28. The van der Waals surface area contributed by atoms with Crippen molar-refractivity contribution in [2.45, 2.75) is 6.92 Å². The van der Waals surface area contributed by atoms with E-state index < -0.39 is 5.97 Å². The van der Waals surface area contributed by atoms with E-state index in [1.807, 2.05) is 31.2 Å². The van der Waals surface area contributed by atoms with Crippen LogP contribution in [0, 0.1) is 6.92 Å². The lowest BCUT2D eigenvalue weighted by Crippen LogP contribution is -1.96. The van der Waals surface area contributed by atoms with Crippen molar-refractivity contribution in [2.24, 2.45) is 0 Å². The minimum atomic E-state index is -1.04. The average Bonchev–Trinajstić information content (AvgIpc) is 2.93. The fourth-order valence-electron chi connectivity index (χ4n) is 2.25. The Morgan fingerprint density at radius 2 is 1.83 bits per heavy atom. The van der Waals surface area contributed by atoms with Gasteiger partial charge in [0.1, 0.15) is 11.3 Å². The second kappa shape index (κ2) is 6.07. The number of carboxylic acids is 1. The van der Waals surface area contributed by atoms with Gasteiger partial charge in [-0.3, -0.25) is 0 Å². The predicted octanol–water partition coefficient (Wildman–Crippen LogP) is 4.85. The average molecular weight is 347 g/mol. The summed E-state index contributed by atoms with van der Waals surface area (Å²) < 4.78 is 1.46. The molecule has 0 radical (unpaired) electrons. The molecule has 0 amide bonds. The normalized spacial score (nSPS) is 10.7. The number of benzene rings is 2. The molecule has 3 rings (SSSR count). The van der Waals surface area contributed by atoms with E-state index in [1.54, 1.807) is 18.2 Å². The number of aromatic nitrogens is 2. The van der Waals surface area contributed by atoms with Crippen molar-refractivity contribution in [1.82, 2.24) is 9.78 Å². The Morgan fingerprint density at radius 1 is 1.13 bits per heavy atom. The molecule has 116 valence electrons. The first-order valence-corrected chi connectivity index (χ1v) is 7.57. The monoisotopic (exact) mass is 346 g/mol. The molecule has 0 aliphatic heterocycles. The van der Waals surface area contributed by atoms with E-state index in [1.165, 1.54) is 10.9 Å². The Morgan fingerprint density at radius 3 is 2.43 bits per heavy atom. The van der Waals surface area contributed by atoms with E-state index in [0.717, 1.165) is 11.1 Å². The van der Waals surface area contributed by atoms with Gasteiger partial charge in [0.25, 0.3) is 0 Å². The molecule has 0 spiro atoms. The van der Waals surface area contributed by atoms with Gasteiger partial charge in [-0.25, -0.2) is 9.48 Å². The van der Waals surface area contributed by atoms with Gasteiger partial charge < -0.3 is 5.11 Å². The van der Waals surface area contributed by atoms with Gasteiger partial charge in [-0.15, -0.1) is 0 Å². The third-order valence-corrected chi connectivity index (χ3v) is 3.96. The van der Waals surface area contributed by atoms with Crippen LogP contribution in [0.25, 0.3) is 16.9 Å². The number of carboxylic acid groups (broad SMARTS) is 1. The van der Waals surface area contributed by atoms with Crippen molar-refractivity contribution in [3.63, 3.8) is 0 Å². The topological polar surface area (TPSA) is 55.1 Å². The lowest BCUT2D eigenvalue weighted by molar-refractivity contribution is 0.0697. The molecule has 0 saturated heterocycles. The first-order valence-electron chi connectivity index (χ1n) is 6.81. The summed E-state index contributed by atoms with van der Waals surface area (Å²) in [6, 6.07) is 12.5. The van der Waals surface area contributed by atoms with Crippen LogP contribution in [0.2, 0.25) is 10.0 Å². The number of rotatable bonds is 3. The molecular formula is C17H12Cl2N2O2. The molecule has 0 aliphatic rings. The maximum absolute atomic E-state index is 11.5. The van der Waals surface area contributed by atoms with Crippen molar-refractivity contribution < 1.29 is 9.90 Å². The molecule has 1 N–H and O–H groups in total. The summed E-state index contributed by atoms with van der Waals surface area (Å²) in [5.74, 6) is -1.04. The fourth-order valence-corrected chi connectivity index (χ4v) is 2.74. The van der Waals surface area contributed by atoms with Crippen molar-refractivity contribution in [3.05, 3.63) is 69.8 Å². The number of aryl methyl sites for hydroxylation is 1. The third-order valence-electron chi connectivity index (χ3n) is 3.43. The highest BCUT2D eigenvalue weighted by molar-refractivity contribution is 6.35. The second-order valence-electron chi connectivity index (χ2n) is 5.10. The van der Waals surface area contributed by atoms with Crippen LogP contribution in [-0.2, 0) is 0 Å². The Balaban J connectivity index is 2.16. The number of hydrogen-bond acceptors (Lipinski definition) is 2. The summed E-state index contributed by atoms with van der Waals surface area (Å²) in [7, 11) is 0. The Kier molecular flexibility index (Phi) is 4.11. The van der Waals surface area contributed by atoms with Crippen LogP contribution in [0.5, 0.6) is 0 Å². The summed E-state index contributed by atoms with van der Waals surface area (Å²) in [6.07, 6.45) is 1.45. The summed E-state index contributed by atoms with van der Waals surface area (Å²) in [6.45, 7) is 1.97. The molecule has 1 aromatic heterocycles. The molecule has 2 aromatic carbocycles. The van der Waals surface area contributed by atoms with Gasteiger partial charge in [-0.05, 0) is 25.1 Å². The van der Waals surface area contributed by atoms with Crippen LogP contribution >= 0.6 is 23.2 Å². The Labute approximate surface area is 142 Å². The Hall–Kier alpha value is -2.30. The van der Waals surface area contributed by atoms with Crippen molar-refractivity contribution in [3.8, 4) is 16.9 Å². The van der Waals surface area contributed by atoms with Gasteiger partial charge in [0.05, 0.1) is 10.7 Å². The summed E-state index contributed by atoms with van der Waals surface area (Å²) in [4.78, 5) is 11.5. The van der Waals surface area contributed by atoms with Crippen LogP contribution in [0.4, 0.5) is 0 Å². The van der Waals surface area contributed by atoms with E-state index in [9.17, 15) is 9.90 Å². The van der Waals surface area contributed by atoms with Crippen LogP contribution in [0.15, 0.2) is 48.7 Å². The second-order valence-corrected chi connectivity index (χ2v) is 5.95. The molecule has 0 aliphatic carbocycles. The van der Waals surface area contributed by atoms with Crippen molar-refractivity contribution in [1.29, 1.82) is 0 Å². The molecule has 6 heteroatoms. The zero-order chi connectivity index (χ0) is 16.6. The smallest absolute Gasteiger partial charge is 0.339 e. The molecule has 0 atom stereocenters. The molecule has 0 unspecified atom stereocenters. The third kappa shape index (κ3) is 3.09. The van der Waals surface area contributed by atoms with Crippen LogP contribution in [0.3, 0.4) is 0 Å². The van der Waals surface area contributed by atoms with Crippen LogP contribution in [-0.4, -0.2) is 20.9 Å². The van der Waals surface area contributed by atoms with E-state index in [4.69, 9.17) is 23.2 Å². The minimum absolute atomic E-state index is 0.111. The quantitative estimate of drug-likeness (QED) is 0.737. The SMILES string of the molecule is Cc1ccc(-c2nn(-c3ccc(Cl)cc3Cl)cc2C(=O)O)cc1. The first kappa shape index (κ1) is 15.6. The highest BCUT2D eigenvalue weighted by Gasteiger charge is 2.18. The minimum Gasteiger partial charge on any atom is -0.478 e. The van der Waals surface area contributed by atoms with E-state index >= 15 is 0 Å². The van der Waals surface area contributed by atoms with Gasteiger partial charge in [0.15, 0.2) is 0 Å². The largest absolute Gasteiger partial charge is 0.478 e. The molecule has 0 saturated carbocycles. The summed E-state index contributed by atoms with van der Waals surface area (Å²) in [5.41, 5.74) is 2.89. The maximum Gasteiger partial charge on any atom is 0.339 e. The van der Waals surface area contributed by atoms with Gasteiger partial charge in [0.2, 0.25) is 0 Å². The molecule has 1 heterocycles. The fraction of sp³-hybridized carbons (Fsp3) is 0.0588. The number of halogens is 2. The zero-order valence-corrected chi connectivity index (χ0v) is 13.6. The van der Waals surface area contributed by atoms with Crippen molar-refractivity contribution in [2.75, 3.05) is 0 Å². The lowest BCUT2D eigenvalue weighted by Gasteiger charge is -2.04. The lowest BCUT2D eigenvalue weighted by atomic mass is 10.1. The Bertz CT molecular complexity index is 886. The number of aromatic carboxylic acids is 1. The molecule has 3 aromatic rings. The number of hydrogen-bond donors (Lipinski definition) is 1. The van der Waals surface area contributed by atoms with E-state index in [0.29, 0.717) is 21.4 Å². The maximum atomic E-state index is 11.5. The first-order chi connectivity index (χ1) is 11.0. The van der Waals surface area contributed by atoms with Crippen LogP contribution in [0.1, 0.15) is 15.9 Å². The van der Waals surface area contributed by atoms with Gasteiger partial charge >= 0.3 is 5.97 Å². The molecule has 0 bridgehead atoms. The summed E-state index contributed by atoms with van der Waals surface area (Å²) in [5, 5.41) is 14.7. The standard InChI is InChI=1S/C17H12Cl2N2O2/c1-10-2-4-11(5-3-10)16-13(17(22)23)9-21(20-16)15-7-6-12(18)8-14(15)19/h2-9H,1H3,(H,22,23). The molecular weight excluding hydrogens is 335 g/mol. The molecule has 4 nitrogen and oxygen atoms in total. The molecule has 23 heavy (non-hydrogen) atoms. The predicted molar refractivity (Wildman–Crippen MR) is 90.7 cm³/mol. The van der Waals surface area contributed by atoms with Gasteiger partial charge in [-0.2, -0.15) is 5.10 Å². The van der Waals surface area contributed by atoms with E-state index in [-0.39, 0.29) is 5.56 Å². The number of carbonyl (C=O) groups is 1. The van der Waals surface area contributed by atoms with Crippen molar-refractivity contribution >= 4 is 29.2 Å². The zero-order valence-electron chi connectivity index (χ0n) is 12.1.